The first-order valence-corrected chi connectivity index (χ1v) is 8.31. The van der Waals surface area contributed by atoms with E-state index in [-0.39, 0.29) is 29.7 Å². The molecule has 1 aromatic carbocycles. The summed E-state index contributed by atoms with van der Waals surface area (Å²) in [6.07, 6.45) is -0.0664. The largest absolute Gasteiger partial charge is 0.478 e. The fourth-order valence-corrected chi connectivity index (χ4v) is 2.95. The Bertz CT molecular complexity index is 586. The van der Waals surface area contributed by atoms with E-state index in [1.165, 1.54) is 12.1 Å². The molecule has 1 aromatic rings. The van der Waals surface area contributed by atoms with Gasteiger partial charge in [0.2, 0.25) is 10.0 Å². The van der Waals surface area contributed by atoms with Gasteiger partial charge in [-0.05, 0) is 41.9 Å². The minimum atomic E-state index is -3.68. The maximum absolute atomic E-state index is 11.9. The van der Waals surface area contributed by atoms with Gasteiger partial charge in [-0.3, -0.25) is 4.72 Å². The molecule has 0 fully saturated rings. The molecule has 1 rings (SSSR count). The number of benzene rings is 1. The summed E-state index contributed by atoms with van der Waals surface area (Å²) in [5, 5.41) is 9.06. The van der Waals surface area contributed by atoms with Crippen LogP contribution in [0.4, 0.5) is 5.69 Å². The summed E-state index contributed by atoms with van der Waals surface area (Å²) >= 11 is 3.14. The molecule has 0 unspecified atom stereocenters. The van der Waals surface area contributed by atoms with E-state index in [1.807, 2.05) is 0 Å². The van der Waals surface area contributed by atoms with Gasteiger partial charge in [-0.2, -0.15) is 0 Å². The molecule has 2 N–H and O–H groups in total. The van der Waals surface area contributed by atoms with Crippen LogP contribution in [-0.2, 0) is 14.8 Å². The van der Waals surface area contributed by atoms with E-state index < -0.39 is 16.0 Å². The minimum Gasteiger partial charge on any atom is -0.478 e. The number of carbonyl (C=O) groups is 1. The highest BCUT2D eigenvalue weighted by Crippen LogP contribution is 2.27. The Morgan fingerprint density at radius 2 is 2.10 bits per heavy atom. The van der Waals surface area contributed by atoms with Gasteiger partial charge < -0.3 is 9.84 Å². The second-order valence-electron chi connectivity index (χ2n) is 4.31. The molecule has 0 aliphatic carbocycles. The van der Waals surface area contributed by atoms with Gasteiger partial charge in [0.25, 0.3) is 0 Å². The topological polar surface area (TPSA) is 92.7 Å². The molecule has 0 amide bonds. The summed E-state index contributed by atoms with van der Waals surface area (Å²) in [5.41, 5.74) is -0.0997. The number of aromatic carboxylic acids is 1. The predicted octanol–water partition coefficient (Wildman–Crippen LogP) is 2.31. The molecule has 0 saturated heterocycles. The molecule has 0 saturated carbocycles. The van der Waals surface area contributed by atoms with Gasteiger partial charge in [0.05, 0.1) is 29.7 Å². The third-order valence-electron chi connectivity index (χ3n) is 2.30. The standard InChI is InChI=1S/C12H16BrNO5S/c1-8(2)19-6-7-20(17,18)14-11-9(12(15)16)4-3-5-10(11)13/h3-5,8,14H,6-7H2,1-2H3,(H,15,16). The Balaban J connectivity index is 2.89. The van der Waals surface area contributed by atoms with Crippen molar-refractivity contribution >= 4 is 37.6 Å². The third kappa shape index (κ3) is 5.10. The van der Waals surface area contributed by atoms with Crippen molar-refractivity contribution in [1.82, 2.24) is 0 Å². The van der Waals surface area contributed by atoms with Crippen LogP contribution < -0.4 is 4.72 Å². The average Bonchev–Trinajstić information content (AvgIpc) is 2.30. The van der Waals surface area contributed by atoms with Crippen LogP contribution >= 0.6 is 15.9 Å². The lowest BCUT2D eigenvalue weighted by atomic mass is 10.2. The van der Waals surface area contributed by atoms with E-state index in [4.69, 9.17) is 9.84 Å². The lowest BCUT2D eigenvalue weighted by Gasteiger charge is -2.13. The maximum atomic E-state index is 11.9. The van der Waals surface area contributed by atoms with E-state index >= 15 is 0 Å². The van der Waals surface area contributed by atoms with E-state index in [2.05, 4.69) is 20.7 Å². The van der Waals surface area contributed by atoms with Crippen molar-refractivity contribution < 1.29 is 23.1 Å². The second-order valence-corrected chi connectivity index (χ2v) is 7.00. The van der Waals surface area contributed by atoms with Crippen molar-refractivity contribution in [2.75, 3.05) is 17.1 Å². The molecule has 0 aliphatic rings. The van der Waals surface area contributed by atoms with Crippen LogP contribution in [-0.4, -0.2) is 38.0 Å². The summed E-state index contributed by atoms with van der Waals surface area (Å²) in [6, 6.07) is 4.41. The van der Waals surface area contributed by atoms with Crippen LogP contribution in [0.2, 0.25) is 0 Å². The molecular formula is C12H16BrNO5S. The smallest absolute Gasteiger partial charge is 0.337 e. The molecule has 112 valence electrons. The fraction of sp³-hybridized carbons (Fsp3) is 0.417. The maximum Gasteiger partial charge on any atom is 0.337 e. The number of ether oxygens (including phenoxy) is 1. The van der Waals surface area contributed by atoms with Gasteiger partial charge in [0, 0.05) is 4.47 Å². The summed E-state index contributed by atoms with van der Waals surface area (Å²) < 4.78 is 31.6. The summed E-state index contributed by atoms with van der Waals surface area (Å²) in [5.74, 6) is -1.45. The Kier molecular flexibility index (Phi) is 5.97. The minimum absolute atomic E-state index is 0.0181. The number of sulfonamides is 1. The van der Waals surface area contributed by atoms with E-state index in [9.17, 15) is 13.2 Å². The van der Waals surface area contributed by atoms with Crippen LogP contribution in [0.15, 0.2) is 22.7 Å². The van der Waals surface area contributed by atoms with Crippen molar-refractivity contribution in [2.24, 2.45) is 0 Å². The van der Waals surface area contributed by atoms with Crippen molar-refractivity contribution in [2.45, 2.75) is 20.0 Å². The molecule has 0 atom stereocenters. The van der Waals surface area contributed by atoms with E-state index in [0.29, 0.717) is 4.47 Å². The highest BCUT2D eigenvalue weighted by atomic mass is 79.9. The first-order chi connectivity index (χ1) is 9.23. The molecule has 8 heteroatoms. The molecule has 0 aromatic heterocycles. The number of rotatable bonds is 7. The summed E-state index contributed by atoms with van der Waals surface area (Å²) in [4.78, 5) is 11.1. The van der Waals surface area contributed by atoms with E-state index in [0.717, 1.165) is 0 Å². The zero-order valence-electron chi connectivity index (χ0n) is 11.1. The normalized spacial score (nSPS) is 11.6. The average molecular weight is 366 g/mol. The predicted molar refractivity (Wildman–Crippen MR) is 79.6 cm³/mol. The Morgan fingerprint density at radius 1 is 1.45 bits per heavy atom. The van der Waals surface area contributed by atoms with Crippen LogP contribution in [0, 0.1) is 0 Å². The molecule has 0 aliphatic heterocycles. The Hall–Kier alpha value is -1.12. The first kappa shape index (κ1) is 16.9. The molecular weight excluding hydrogens is 350 g/mol. The van der Waals surface area contributed by atoms with Crippen molar-refractivity contribution in [3.05, 3.63) is 28.2 Å². The van der Waals surface area contributed by atoms with E-state index in [1.54, 1.807) is 19.9 Å². The van der Waals surface area contributed by atoms with Gasteiger partial charge in [0.1, 0.15) is 0 Å². The zero-order chi connectivity index (χ0) is 15.3. The number of hydrogen-bond donors (Lipinski definition) is 2. The molecule has 0 spiro atoms. The lowest BCUT2D eigenvalue weighted by Crippen LogP contribution is -2.23. The Morgan fingerprint density at radius 3 is 2.65 bits per heavy atom. The second kappa shape index (κ2) is 7.05. The monoisotopic (exact) mass is 365 g/mol. The van der Waals surface area contributed by atoms with Gasteiger partial charge >= 0.3 is 5.97 Å². The van der Waals surface area contributed by atoms with Crippen molar-refractivity contribution in [1.29, 1.82) is 0 Å². The summed E-state index contributed by atoms with van der Waals surface area (Å²) in [6.45, 7) is 3.65. The highest BCUT2D eigenvalue weighted by molar-refractivity contribution is 9.10. The van der Waals surface area contributed by atoms with Crippen LogP contribution in [0.1, 0.15) is 24.2 Å². The first-order valence-electron chi connectivity index (χ1n) is 5.87. The molecule has 20 heavy (non-hydrogen) atoms. The molecule has 0 radical (unpaired) electrons. The van der Waals surface area contributed by atoms with Gasteiger partial charge in [-0.15, -0.1) is 0 Å². The fourth-order valence-electron chi connectivity index (χ4n) is 1.41. The number of hydrogen-bond acceptors (Lipinski definition) is 4. The third-order valence-corrected chi connectivity index (χ3v) is 4.18. The number of carboxylic acid groups (broad SMARTS) is 1. The van der Waals surface area contributed by atoms with Crippen LogP contribution in [0.3, 0.4) is 0 Å². The van der Waals surface area contributed by atoms with Crippen molar-refractivity contribution in [3.63, 3.8) is 0 Å². The number of carboxylic acids is 1. The van der Waals surface area contributed by atoms with Crippen molar-refractivity contribution in [3.8, 4) is 0 Å². The summed E-state index contributed by atoms with van der Waals surface area (Å²) in [7, 11) is -3.68. The quantitative estimate of drug-likeness (QED) is 0.773. The van der Waals surface area contributed by atoms with Gasteiger partial charge in [-0.1, -0.05) is 6.07 Å². The van der Waals surface area contributed by atoms with Gasteiger partial charge in [-0.25, -0.2) is 13.2 Å². The number of para-hydroxylation sites is 1. The number of nitrogens with one attached hydrogen (secondary N) is 1. The molecule has 0 heterocycles. The molecule has 6 nitrogen and oxygen atoms in total. The van der Waals surface area contributed by atoms with Crippen LogP contribution in [0.5, 0.6) is 0 Å². The van der Waals surface area contributed by atoms with Gasteiger partial charge in [0.15, 0.2) is 0 Å². The zero-order valence-corrected chi connectivity index (χ0v) is 13.5. The SMILES string of the molecule is CC(C)OCCS(=O)(=O)Nc1c(Br)cccc1C(=O)O. The van der Waals surface area contributed by atoms with Crippen LogP contribution in [0.25, 0.3) is 0 Å². The number of halogens is 1. The Labute approximate surface area is 126 Å². The lowest BCUT2D eigenvalue weighted by molar-refractivity contribution is 0.0698. The molecule has 0 bridgehead atoms. The highest BCUT2D eigenvalue weighted by Gasteiger charge is 2.18. The number of anilines is 1.